The van der Waals surface area contributed by atoms with Crippen LogP contribution >= 0.6 is 11.6 Å². The highest BCUT2D eigenvalue weighted by molar-refractivity contribution is 6.33. The monoisotopic (exact) mass is 328 g/mol. The van der Waals surface area contributed by atoms with E-state index >= 15 is 0 Å². The zero-order valence-corrected chi connectivity index (χ0v) is 13.3. The Morgan fingerprint density at radius 1 is 1.26 bits per heavy atom. The van der Waals surface area contributed by atoms with Crippen LogP contribution in [0, 0.1) is 24.0 Å². The predicted octanol–water partition coefficient (Wildman–Crippen LogP) is 4.10. The van der Waals surface area contributed by atoms with Gasteiger partial charge in [0.2, 0.25) is 0 Å². The van der Waals surface area contributed by atoms with E-state index in [0.717, 1.165) is 22.2 Å². The van der Waals surface area contributed by atoms with Gasteiger partial charge in [-0.25, -0.2) is 9.66 Å². The molecule has 116 valence electrons. The molecule has 3 aromatic rings. The van der Waals surface area contributed by atoms with Crippen molar-refractivity contribution < 1.29 is 4.92 Å². The molecule has 0 saturated heterocycles. The Hall–Kier alpha value is -2.73. The summed E-state index contributed by atoms with van der Waals surface area (Å²) in [7, 11) is 0. The molecule has 2 aromatic carbocycles. The first-order valence-electron chi connectivity index (χ1n) is 6.88. The molecule has 7 heteroatoms. The normalized spacial score (nSPS) is 11.4. The minimum absolute atomic E-state index is 0.0298. The average molecular weight is 329 g/mol. The van der Waals surface area contributed by atoms with Crippen LogP contribution in [0.5, 0.6) is 0 Å². The molecule has 0 bridgehead atoms. The first-order chi connectivity index (χ1) is 11.0. The van der Waals surface area contributed by atoms with E-state index in [9.17, 15) is 10.1 Å². The number of hydrogen-bond donors (Lipinski definition) is 0. The Bertz CT molecular complexity index is 947. The van der Waals surface area contributed by atoms with Crippen molar-refractivity contribution in [2.75, 3.05) is 0 Å². The number of rotatable bonds is 3. The molecule has 0 aliphatic heterocycles. The van der Waals surface area contributed by atoms with Gasteiger partial charge in [-0.1, -0.05) is 11.6 Å². The summed E-state index contributed by atoms with van der Waals surface area (Å²) in [5, 5.41) is 15.6. The third-order valence-electron chi connectivity index (χ3n) is 3.66. The van der Waals surface area contributed by atoms with Gasteiger partial charge in [0.1, 0.15) is 6.33 Å². The van der Waals surface area contributed by atoms with Crippen LogP contribution in [0.1, 0.15) is 16.7 Å². The molecule has 0 amide bonds. The van der Waals surface area contributed by atoms with Crippen LogP contribution in [0.25, 0.3) is 11.0 Å². The summed E-state index contributed by atoms with van der Waals surface area (Å²) in [4.78, 5) is 14.7. The third kappa shape index (κ3) is 2.93. The fraction of sp³-hybridized carbons (Fsp3) is 0.125. The van der Waals surface area contributed by atoms with E-state index in [1.54, 1.807) is 11.0 Å². The molecule has 6 nitrogen and oxygen atoms in total. The lowest BCUT2D eigenvalue weighted by Crippen LogP contribution is -1.93. The molecule has 0 atom stereocenters. The average Bonchev–Trinajstić information content (AvgIpc) is 2.89. The van der Waals surface area contributed by atoms with E-state index in [1.165, 1.54) is 24.4 Å². The molecular weight excluding hydrogens is 316 g/mol. The van der Waals surface area contributed by atoms with Crippen LogP contribution in [-0.4, -0.2) is 20.8 Å². The van der Waals surface area contributed by atoms with Gasteiger partial charge in [-0.2, -0.15) is 5.10 Å². The van der Waals surface area contributed by atoms with E-state index in [4.69, 9.17) is 11.6 Å². The number of hydrogen-bond acceptors (Lipinski definition) is 4. The number of imidazole rings is 1. The lowest BCUT2D eigenvalue weighted by Gasteiger charge is -2.01. The van der Waals surface area contributed by atoms with Gasteiger partial charge in [-0.3, -0.25) is 10.1 Å². The van der Waals surface area contributed by atoms with Gasteiger partial charge in [-0.05, 0) is 43.2 Å². The van der Waals surface area contributed by atoms with Gasteiger partial charge in [0.25, 0.3) is 5.69 Å². The lowest BCUT2D eigenvalue weighted by atomic mass is 10.1. The molecule has 0 aliphatic carbocycles. The van der Waals surface area contributed by atoms with E-state index < -0.39 is 4.92 Å². The number of aryl methyl sites for hydroxylation is 2. The maximum atomic E-state index is 10.8. The highest BCUT2D eigenvalue weighted by Crippen LogP contribution is 2.21. The number of nitrogens with zero attached hydrogens (tertiary/aromatic N) is 4. The maximum Gasteiger partial charge on any atom is 0.270 e. The summed E-state index contributed by atoms with van der Waals surface area (Å²) in [5.41, 5.74) is 4.46. The van der Waals surface area contributed by atoms with Crippen molar-refractivity contribution in [3.05, 3.63) is 68.5 Å². The highest BCUT2D eigenvalue weighted by Gasteiger charge is 2.09. The van der Waals surface area contributed by atoms with Crippen molar-refractivity contribution in [1.82, 2.24) is 9.66 Å². The zero-order valence-electron chi connectivity index (χ0n) is 12.5. The van der Waals surface area contributed by atoms with E-state index in [0.29, 0.717) is 10.6 Å². The molecule has 0 saturated carbocycles. The summed E-state index contributed by atoms with van der Waals surface area (Å²) < 4.78 is 1.62. The van der Waals surface area contributed by atoms with Crippen molar-refractivity contribution in [2.24, 2.45) is 5.10 Å². The second-order valence-corrected chi connectivity index (χ2v) is 5.63. The van der Waals surface area contributed by atoms with E-state index in [-0.39, 0.29) is 5.69 Å². The summed E-state index contributed by atoms with van der Waals surface area (Å²) in [6.07, 6.45) is 3.09. The van der Waals surface area contributed by atoms with Gasteiger partial charge >= 0.3 is 0 Å². The molecule has 0 unspecified atom stereocenters. The topological polar surface area (TPSA) is 73.3 Å². The number of benzene rings is 2. The van der Waals surface area contributed by atoms with Crippen LogP contribution in [0.15, 0.2) is 41.8 Å². The summed E-state index contributed by atoms with van der Waals surface area (Å²) >= 11 is 6.07. The summed E-state index contributed by atoms with van der Waals surface area (Å²) in [6.45, 7) is 4.05. The summed E-state index contributed by atoms with van der Waals surface area (Å²) in [5.74, 6) is 0. The number of fused-ring (bicyclic) bond motifs is 1. The second-order valence-electron chi connectivity index (χ2n) is 5.22. The van der Waals surface area contributed by atoms with E-state index in [2.05, 4.69) is 10.1 Å². The molecule has 0 N–H and O–H groups in total. The Morgan fingerprint density at radius 3 is 2.74 bits per heavy atom. The van der Waals surface area contributed by atoms with Crippen LogP contribution in [0.2, 0.25) is 5.02 Å². The minimum Gasteiger partial charge on any atom is -0.258 e. The van der Waals surface area contributed by atoms with Gasteiger partial charge in [0, 0.05) is 22.7 Å². The van der Waals surface area contributed by atoms with Crippen LogP contribution in [-0.2, 0) is 0 Å². The smallest absolute Gasteiger partial charge is 0.258 e. The number of non-ortho nitro benzene ring substituents is 1. The standard InChI is InChI=1S/C16H13ClN4O2/c1-10-5-15-16(6-11(10)2)20(9-18-15)19-8-12-7-13(21(22)23)3-4-14(12)17/h3-9H,1-2H3. The van der Waals surface area contributed by atoms with Crippen molar-refractivity contribution in [3.8, 4) is 0 Å². The fourth-order valence-electron chi connectivity index (χ4n) is 2.21. The molecule has 23 heavy (non-hydrogen) atoms. The number of nitro benzene ring substituents is 1. The largest absolute Gasteiger partial charge is 0.270 e. The Balaban J connectivity index is 2.02. The first-order valence-corrected chi connectivity index (χ1v) is 7.26. The Kier molecular flexibility index (Phi) is 3.83. The lowest BCUT2D eigenvalue weighted by molar-refractivity contribution is -0.384. The first kappa shape index (κ1) is 15.2. The van der Waals surface area contributed by atoms with Crippen LogP contribution in [0.4, 0.5) is 5.69 Å². The maximum absolute atomic E-state index is 10.8. The Morgan fingerprint density at radius 2 is 2.00 bits per heavy atom. The van der Waals surface area contributed by atoms with Gasteiger partial charge in [-0.15, -0.1) is 0 Å². The Labute approximate surface area is 137 Å². The quantitative estimate of drug-likeness (QED) is 0.413. The molecule has 1 aromatic heterocycles. The number of aromatic nitrogens is 2. The third-order valence-corrected chi connectivity index (χ3v) is 4.00. The summed E-state index contributed by atoms with van der Waals surface area (Å²) in [6, 6.07) is 8.24. The van der Waals surface area contributed by atoms with Crippen molar-refractivity contribution >= 4 is 34.5 Å². The van der Waals surface area contributed by atoms with Gasteiger partial charge < -0.3 is 0 Å². The number of nitro groups is 1. The minimum atomic E-state index is -0.466. The molecule has 0 aliphatic rings. The SMILES string of the molecule is Cc1cc2ncn(N=Cc3cc([N+](=O)[O-])ccc3Cl)c2cc1C. The van der Waals surface area contributed by atoms with Crippen LogP contribution in [0.3, 0.4) is 0 Å². The highest BCUT2D eigenvalue weighted by atomic mass is 35.5. The fourth-order valence-corrected chi connectivity index (χ4v) is 2.38. The van der Waals surface area contributed by atoms with Crippen molar-refractivity contribution in [3.63, 3.8) is 0 Å². The predicted molar refractivity (Wildman–Crippen MR) is 90.3 cm³/mol. The molecule has 1 heterocycles. The molecule has 3 rings (SSSR count). The van der Waals surface area contributed by atoms with Gasteiger partial charge in [0.15, 0.2) is 0 Å². The zero-order chi connectivity index (χ0) is 16.6. The number of halogens is 1. The van der Waals surface area contributed by atoms with Crippen molar-refractivity contribution in [1.29, 1.82) is 0 Å². The molecule has 0 fully saturated rings. The van der Waals surface area contributed by atoms with Crippen molar-refractivity contribution in [2.45, 2.75) is 13.8 Å². The molecule has 0 spiro atoms. The van der Waals surface area contributed by atoms with Gasteiger partial charge in [0.05, 0.1) is 22.2 Å². The van der Waals surface area contributed by atoms with E-state index in [1.807, 2.05) is 26.0 Å². The van der Waals surface area contributed by atoms with Crippen LogP contribution < -0.4 is 0 Å². The second kappa shape index (κ2) is 5.81. The molecular formula is C16H13ClN4O2. The molecule has 0 radical (unpaired) electrons.